The van der Waals surface area contributed by atoms with Crippen LogP contribution in [-0.4, -0.2) is 19.7 Å². The number of rotatable bonds is 3. The first-order valence-electron chi connectivity index (χ1n) is 9.41. The van der Waals surface area contributed by atoms with E-state index in [0.717, 1.165) is 17.6 Å². The fraction of sp³-hybridized carbons (Fsp3) is 0.667. The summed E-state index contributed by atoms with van der Waals surface area (Å²) in [7, 11) is 0. The molecule has 0 aromatic heterocycles. The van der Waals surface area contributed by atoms with Crippen LogP contribution >= 0.6 is 0 Å². The zero-order chi connectivity index (χ0) is 18.7. The van der Waals surface area contributed by atoms with Crippen LogP contribution in [-0.2, 0) is 14.1 Å². The fourth-order valence-electron chi connectivity index (χ4n) is 3.17. The Hall–Kier alpha value is -1.32. The Balaban J connectivity index is 0.000000730. The molecule has 0 N–H and O–H groups in total. The molecule has 0 radical (unpaired) electrons. The van der Waals surface area contributed by atoms with Crippen LogP contribution in [0.1, 0.15) is 64.9 Å². The van der Waals surface area contributed by atoms with Crippen LogP contribution in [0.25, 0.3) is 0 Å². The molecule has 1 saturated heterocycles. The van der Waals surface area contributed by atoms with Gasteiger partial charge in [0.05, 0.1) is 13.2 Å². The summed E-state index contributed by atoms with van der Waals surface area (Å²) in [5.41, 5.74) is 1.44. The quantitative estimate of drug-likeness (QED) is 0.549. The molecule has 1 aromatic carbocycles. The molecular weight excluding hydrogens is 316 g/mol. The van der Waals surface area contributed by atoms with Gasteiger partial charge in [0.1, 0.15) is 5.75 Å². The Morgan fingerprint density at radius 1 is 0.880 bits per heavy atom. The summed E-state index contributed by atoms with van der Waals surface area (Å²) in [4.78, 5) is 0. The molecule has 4 nitrogen and oxygen atoms in total. The van der Waals surface area contributed by atoms with E-state index in [9.17, 15) is 0 Å². The van der Waals surface area contributed by atoms with Gasteiger partial charge in [0.25, 0.3) is 0 Å². The minimum absolute atomic E-state index is 0.445. The standard InChI is InChI=1S/C18H26O3.C2H6.CO/c1-13-3-5-15(6-4-13)16-7-9-17(10-8-16)21-18-19-11-14(2)12-20-18;2*1-2/h7-10,13-15,18H,3-6,11-12H2,1-2H3;1-2H3;. The maximum atomic E-state index is 7.50. The van der Waals surface area contributed by atoms with Crippen LogP contribution in [0, 0.1) is 18.5 Å². The van der Waals surface area contributed by atoms with E-state index in [4.69, 9.17) is 18.9 Å². The molecule has 2 aliphatic rings. The van der Waals surface area contributed by atoms with Gasteiger partial charge in [-0.3, -0.25) is 0 Å². The summed E-state index contributed by atoms with van der Waals surface area (Å²) in [5, 5.41) is 0. The summed E-state index contributed by atoms with van der Waals surface area (Å²) in [5.74, 6) is 2.88. The number of hydrogen-bond acceptors (Lipinski definition) is 3. The van der Waals surface area contributed by atoms with E-state index < -0.39 is 6.48 Å². The summed E-state index contributed by atoms with van der Waals surface area (Å²) in [6.07, 6.45) is 5.33. The van der Waals surface area contributed by atoms with E-state index in [1.54, 1.807) is 0 Å². The Bertz CT molecular complexity index is 466. The van der Waals surface area contributed by atoms with Crippen LogP contribution < -0.4 is 4.74 Å². The van der Waals surface area contributed by atoms with Crippen molar-refractivity contribution in [3.63, 3.8) is 0 Å². The predicted octanol–water partition coefficient (Wildman–Crippen LogP) is 5.31. The van der Waals surface area contributed by atoms with Crippen LogP contribution in [0.3, 0.4) is 0 Å². The minimum atomic E-state index is -0.553. The van der Waals surface area contributed by atoms with Crippen molar-refractivity contribution in [2.45, 2.75) is 65.8 Å². The second kappa shape index (κ2) is 12.1. The summed E-state index contributed by atoms with van der Waals surface area (Å²) >= 11 is 0. The Morgan fingerprint density at radius 2 is 1.40 bits per heavy atom. The first kappa shape index (κ1) is 21.7. The van der Waals surface area contributed by atoms with Crippen LogP contribution in [0.4, 0.5) is 0 Å². The van der Waals surface area contributed by atoms with Crippen molar-refractivity contribution < 1.29 is 18.9 Å². The van der Waals surface area contributed by atoms with Crippen LogP contribution in [0.15, 0.2) is 24.3 Å². The average Bonchev–Trinajstić information content (AvgIpc) is 2.68. The molecule has 0 bridgehead atoms. The van der Waals surface area contributed by atoms with Gasteiger partial charge < -0.3 is 14.2 Å². The maximum absolute atomic E-state index is 7.50. The van der Waals surface area contributed by atoms with Crippen molar-refractivity contribution in [3.05, 3.63) is 36.5 Å². The van der Waals surface area contributed by atoms with Gasteiger partial charge in [0.15, 0.2) is 0 Å². The molecule has 0 spiro atoms. The Kier molecular flexibility index (Phi) is 10.5. The third kappa shape index (κ3) is 7.21. The third-order valence-corrected chi connectivity index (χ3v) is 4.63. The molecule has 3 rings (SSSR count). The molecule has 25 heavy (non-hydrogen) atoms. The number of hydrogen-bond donors (Lipinski definition) is 0. The van der Waals surface area contributed by atoms with Crippen molar-refractivity contribution in [3.8, 4) is 5.75 Å². The van der Waals surface area contributed by atoms with Gasteiger partial charge in [0, 0.05) is 5.92 Å². The zero-order valence-electron chi connectivity index (χ0n) is 16.0. The fourth-order valence-corrected chi connectivity index (χ4v) is 3.17. The van der Waals surface area contributed by atoms with Crippen molar-refractivity contribution in [1.29, 1.82) is 0 Å². The van der Waals surface area contributed by atoms with Gasteiger partial charge in [-0.15, -0.1) is 0 Å². The van der Waals surface area contributed by atoms with E-state index in [-0.39, 0.29) is 0 Å². The summed E-state index contributed by atoms with van der Waals surface area (Å²) in [6.45, 7) is 13.8. The first-order valence-corrected chi connectivity index (χ1v) is 9.41. The average molecular weight is 348 g/mol. The third-order valence-electron chi connectivity index (χ3n) is 4.63. The molecule has 1 aliphatic heterocycles. The van der Waals surface area contributed by atoms with Gasteiger partial charge in [-0.1, -0.05) is 52.7 Å². The summed E-state index contributed by atoms with van der Waals surface area (Å²) in [6, 6.07) is 8.47. The van der Waals surface area contributed by atoms with E-state index in [1.807, 2.05) is 26.0 Å². The Labute approximate surface area is 152 Å². The van der Waals surface area contributed by atoms with E-state index in [2.05, 4.69) is 32.6 Å². The van der Waals surface area contributed by atoms with Gasteiger partial charge in [0.2, 0.25) is 0 Å². The Morgan fingerprint density at radius 3 is 1.92 bits per heavy atom. The predicted molar refractivity (Wildman–Crippen MR) is 97.6 cm³/mol. The second-order valence-electron chi connectivity index (χ2n) is 6.70. The second-order valence-corrected chi connectivity index (χ2v) is 6.70. The summed E-state index contributed by atoms with van der Waals surface area (Å²) < 4.78 is 24.2. The topological polar surface area (TPSA) is 47.6 Å². The molecule has 0 unspecified atom stereocenters. The number of benzene rings is 1. The van der Waals surface area contributed by atoms with Gasteiger partial charge >= 0.3 is 17.8 Å². The van der Waals surface area contributed by atoms with Gasteiger partial charge in [-0.2, -0.15) is 0 Å². The molecule has 2 fully saturated rings. The van der Waals surface area contributed by atoms with Crippen molar-refractivity contribution in [2.24, 2.45) is 11.8 Å². The van der Waals surface area contributed by atoms with E-state index in [1.165, 1.54) is 31.2 Å². The van der Waals surface area contributed by atoms with E-state index in [0.29, 0.717) is 19.1 Å². The van der Waals surface area contributed by atoms with Gasteiger partial charge in [-0.05, 0) is 42.4 Å². The first-order chi connectivity index (χ1) is 12.2. The normalized spacial score (nSPS) is 28.6. The molecular formula is C21H32O4. The number of ether oxygens (including phenoxy) is 3. The SMILES string of the molecule is CC.CC1CCC(c2ccc(OC3OCC(C)CO3)cc2)CC1.[C-]#[O+]. The van der Waals surface area contributed by atoms with Crippen molar-refractivity contribution >= 4 is 0 Å². The van der Waals surface area contributed by atoms with Gasteiger partial charge in [-0.25, -0.2) is 0 Å². The molecule has 140 valence electrons. The molecule has 4 heteroatoms. The monoisotopic (exact) mass is 348 g/mol. The molecule has 0 atom stereocenters. The molecule has 0 amide bonds. The van der Waals surface area contributed by atoms with Crippen LogP contribution in [0.5, 0.6) is 5.75 Å². The van der Waals surface area contributed by atoms with E-state index >= 15 is 0 Å². The molecule has 1 aliphatic carbocycles. The van der Waals surface area contributed by atoms with Crippen molar-refractivity contribution in [2.75, 3.05) is 13.2 Å². The van der Waals surface area contributed by atoms with Crippen molar-refractivity contribution in [1.82, 2.24) is 0 Å². The molecule has 1 saturated carbocycles. The zero-order valence-corrected chi connectivity index (χ0v) is 16.0. The van der Waals surface area contributed by atoms with Crippen LogP contribution in [0.2, 0.25) is 0 Å². The molecule has 1 aromatic rings. The molecule has 1 heterocycles.